The molecule has 206 valence electrons. The van der Waals surface area contributed by atoms with Crippen molar-refractivity contribution in [2.75, 3.05) is 26.8 Å². The molecule has 0 spiro atoms. The molecule has 2 aliphatic heterocycles. The number of aromatic nitrogens is 1. The van der Waals surface area contributed by atoms with E-state index in [9.17, 15) is 19.5 Å². The lowest BCUT2D eigenvalue weighted by molar-refractivity contribution is -0.140. The minimum absolute atomic E-state index is 0.0199. The van der Waals surface area contributed by atoms with Crippen LogP contribution in [0.15, 0.2) is 41.8 Å². The molecule has 0 saturated carbocycles. The second-order valence-electron chi connectivity index (χ2n) is 10.2. The number of likely N-dealkylation sites (N-methyl/N-ethyl adjacent to an activating group) is 1. The van der Waals surface area contributed by atoms with E-state index in [1.54, 1.807) is 20.0 Å². The first kappa shape index (κ1) is 27.2. The predicted molar refractivity (Wildman–Crippen MR) is 150 cm³/mol. The number of carboxylic acids is 1. The van der Waals surface area contributed by atoms with Crippen LogP contribution in [-0.2, 0) is 14.3 Å². The van der Waals surface area contributed by atoms with Gasteiger partial charge in [0.2, 0.25) is 11.8 Å². The summed E-state index contributed by atoms with van der Waals surface area (Å²) in [6.45, 7) is 3.56. The van der Waals surface area contributed by atoms with Crippen LogP contribution in [0.2, 0.25) is 0 Å². The van der Waals surface area contributed by atoms with Gasteiger partial charge in [-0.1, -0.05) is 30.3 Å². The lowest BCUT2D eigenvalue weighted by Gasteiger charge is -2.35. The van der Waals surface area contributed by atoms with E-state index in [1.165, 1.54) is 11.3 Å². The van der Waals surface area contributed by atoms with Crippen LogP contribution in [0.5, 0.6) is 0 Å². The smallest absolute Gasteiger partial charge is 0.336 e. The number of nitrogens with zero attached hydrogens (tertiary/aromatic N) is 2. The zero-order chi connectivity index (χ0) is 27.5. The summed E-state index contributed by atoms with van der Waals surface area (Å²) in [6, 6.07) is 9.70. The second-order valence-corrected chi connectivity index (χ2v) is 11.1. The van der Waals surface area contributed by atoms with Crippen LogP contribution in [0.3, 0.4) is 0 Å². The van der Waals surface area contributed by atoms with Gasteiger partial charge in [0.1, 0.15) is 11.0 Å². The largest absolute Gasteiger partial charge is 0.478 e. The van der Waals surface area contributed by atoms with Crippen molar-refractivity contribution in [3.05, 3.63) is 52.3 Å². The summed E-state index contributed by atoms with van der Waals surface area (Å²) in [5, 5.41) is 19.9. The monoisotopic (exact) mass is 550 g/mol. The SMILES string of the molecule is CN[C@@H](C)C(=O)N[C@H](C(=O)N1CCC[C@H]1c1nc(-c2ccc(C(=O)O)c3ccccc23)cs1)C1CCOCC1. The van der Waals surface area contributed by atoms with Crippen LogP contribution in [0.4, 0.5) is 0 Å². The van der Waals surface area contributed by atoms with Crippen LogP contribution >= 0.6 is 11.3 Å². The van der Waals surface area contributed by atoms with Gasteiger partial charge in [0, 0.05) is 30.7 Å². The Balaban J connectivity index is 1.42. The number of carbonyl (C=O) groups excluding carboxylic acids is 2. The summed E-state index contributed by atoms with van der Waals surface area (Å²) >= 11 is 1.51. The van der Waals surface area contributed by atoms with E-state index in [2.05, 4.69) is 10.6 Å². The molecule has 9 nitrogen and oxygen atoms in total. The molecular weight excluding hydrogens is 516 g/mol. The number of amides is 2. The van der Waals surface area contributed by atoms with Crippen LogP contribution in [0.1, 0.15) is 54.0 Å². The highest BCUT2D eigenvalue weighted by molar-refractivity contribution is 7.10. The molecule has 2 saturated heterocycles. The maximum Gasteiger partial charge on any atom is 0.336 e. The van der Waals surface area contributed by atoms with Gasteiger partial charge in [-0.05, 0) is 62.4 Å². The number of nitrogens with one attached hydrogen (secondary N) is 2. The quantitative estimate of drug-likeness (QED) is 0.390. The number of benzene rings is 2. The van der Waals surface area contributed by atoms with E-state index in [4.69, 9.17) is 9.72 Å². The molecule has 3 aromatic rings. The first-order valence-electron chi connectivity index (χ1n) is 13.5. The number of hydrogen-bond donors (Lipinski definition) is 3. The van der Waals surface area contributed by atoms with Crippen molar-refractivity contribution in [2.45, 2.75) is 50.7 Å². The zero-order valence-electron chi connectivity index (χ0n) is 22.2. The van der Waals surface area contributed by atoms with Crippen molar-refractivity contribution in [3.63, 3.8) is 0 Å². The Hall–Kier alpha value is -3.34. The van der Waals surface area contributed by atoms with Crippen LogP contribution < -0.4 is 10.6 Å². The summed E-state index contributed by atoms with van der Waals surface area (Å²) in [5.74, 6) is -1.20. The predicted octanol–water partition coefficient (Wildman–Crippen LogP) is 3.84. The Morgan fingerprint density at radius 2 is 1.85 bits per heavy atom. The molecule has 10 heteroatoms. The van der Waals surface area contributed by atoms with Gasteiger partial charge in [-0.25, -0.2) is 9.78 Å². The normalized spacial score (nSPS) is 19.6. The number of ether oxygens (including phenoxy) is 1. The third-order valence-electron chi connectivity index (χ3n) is 7.90. The molecule has 0 bridgehead atoms. The number of thiazole rings is 1. The summed E-state index contributed by atoms with van der Waals surface area (Å²) in [4.78, 5) is 45.4. The van der Waals surface area contributed by atoms with E-state index in [-0.39, 0.29) is 29.3 Å². The Labute approximate surface area is 231 Å². The Bertz CT molecular complexity index is 1370. The molecule has 0 radical (unpaired) electrons. The van der Waals surface area contributed by atoms with E-state index < -0.39 is 18.1 Å². The van der Waals surface area contributed by atoms with Crippen LogP contribution in [0, 0.1) is 5.92 Å². The second kappa shape index (κ2) is 11.8. The van der Waals surface area contributed by atoms with Crippen molar-refractivity contribution in [2.24, 2.45) is 5.92 Å². The molecule has 3 atom stereocenters. The number of carbonyl (C=O) groups is 3. The molecule has 5 rings (SSSR count). The van der Waals surface area contributed by atoms with Crippen molar-refractivity contribution >= 4 is 39.9 Å². The molecule has 39 heavy (non-hydrogen) atoms. The van der Waals surface area contributed by atoms with Crippen molar-refractivity contribution < 1.29 is 24.2 Å². The molecule has 2 aliphatic rings. The fraction of sp³-hybridized carbons (Fsp3) is 0.448. The highest BCUT2D eigenvalue weighted by Gasteiger charge is 2.40. The summed E-state index contributed by atoms with van der Waals surface area (Å²) in [6.07, 6.45) is 3.12. The van der Waals surface area contributed by atoms with Gasteiger partial charge in [-0.2, -0.15) is 0 Å². The van der Waals surface area contributed by atoms with E-state index in [0.717, 1.165) is 47.3 Å². The minimum Gasteiger partial charge on any atom is -0.478 e. The first-order valence-corrected chi connectivity index (χ1v) is 14.3. The highest BCUT2D eigenvalue weighted by Crippen LogP contribution is 2.38. The highest BCUT2D eigenvalue weighted by atomic mass is 32.1. The average molecular weight is 551 g/mol. The molecule has 3 heterocycles. The molecule has 2 aromatic carbocycles. The molecular formula is C29H34N4O5S. The zero-order valence-corrected chi connectivity index (χ0v) is 23.0. The van der Waals surface area contributed by atoms with Crippen molar-refractivity contribution in [1.29, 1.82) is 0 Å². The number of likely N-dealkylation sites (tertiary alicyclic amines) is 1. The fourth-order valence-electron chi connectivity index (χ4n) is 5.58. The van der Waals surface area contributed by atoms with Crippen LogP contribution in [0.25, 0.3) is 22.0 Å². The molecule has 1 aromatic heterocycles. The van der Waals surface area contributed by atoms with E-state index >= 15 is 0 Å². The number of aromatic carboxylic acids is 1. The maximum absolute atomic E-state index is 14.0. The fourth-order valence-corrected chi connectivity index (χ4v) is 6.54. The van der Waals surface area contributed by atoms with E-state index in [0.29, 0.717) is 25.1 Å². The summed E-state index contributed by atoms with van der Waals surface area (Å²) in [7, 11) is 1.73. The summed E-state index contributed by atoms with van der Waals surface area (Å²) < 4.78 is 5.52. The third kappa shape index (κ3) is 5.54. The topological polar surface area (TPSA) is 121 Å². The lowest BCUT2D eigenvalue weighted by atomic mass is 9.90. The number of rotatable bonds is 8. The molecule has 3 N–H and O–H groups in total. The van der Waals surface area contributed by atoms with Gasteiger partial charge in [-0.3, -0.25) is 9.59 Å². The first-order chi connectivity index (χ1) is 18.9. The lowest BCUT2D eigenvalue weighted by Crippen LogP contribution is -2.56. The Morgan fingerprint density at radius 1 is 1.10 bits per heavy atom. The number of fused-ring (bicyclic) bond motifs is 1. The molecule has 0 unspecified atom stereocenters. The molecule has 2 amide bonds. The van der Waals surface area contributed by atoms with E-state index in [1.807, 2.05) is 40.6 Å². The van der Waals surface area contributed by atoms with Gasteiger partial charge in [0.15, 0.2) is 0 Å². The van der Waals surface area contributed by atoms with Gasteiger partial charge < -0.3 is 25.4 Å². The average Bonchev–Trinajstić information content (AvgIpc) is 3.65. The minimum atomic E-state index is -0.966. The number of carboxylic acid groups (broad SMARTS) is 1. The maximum atomic E-state index is 14.0. The van der Waals surface area contributed by atoms with Gasteiger partial charge >= 0.3 is 5.97 Å². The molecule has 0 aliphatic carbocycles. The van der Waals surface area contributed by atoms with Crippen molar-refractivity contribution in [3.8, 4) is 11.3 Å². The van der Waals surface area contributed by atoms with Gasteiger partial charge in [-0.15, -0.1) is 11.3 Å². The summed E-state index contributed by atoms with van der Waals surface area (Å²) in [5.41, 5.74) is 1.88. The number of hydrogen-bond acceptors (Lipinski definition) is 7. The van der Waals surface area contributed by atoms with Gasteiger partial charge in [0.05, 0.1) is 23.3 Å². The van der Waals surface area contributed by atoms with Crippen molar-refractivity contribution in [1.82, 2.24) is 20.5 Å². The third-order valence-corrected chi connectivity index (χ3v) is 8.85. The van der Waals surface area contributed by atoms with Gasteiger partial charge in [0.25, 0.3) is 0 Å². The molecule has 2 fully saturated rings. The Morgan fingerprint density at radius 3 is 2.56 bits per heavy atom. The Kier molecular flexibility index (Phi) is 8.25. The van der Waals surface area contributed by atoms with Crippen LogP contribution in [-0.4, -0.2) is 71.7 Å². The standard InChI is InChI=1S/C29H34N4O5S/c1-17(30-2)26(34)32-25(18-11-14-38-15-12-18)28(35)33-13-5-8-24(33)27-31-23(16-39-27)21-9-10-22(29(36)37)20-7-4-3-6-19(20)21/h3-4,6-7,9-10,16-18,24-25,30H,5,8,11-15H2,1-2H3,(H,32,34)(H,36,37)/t17-,24-,25-/m0/s1.